The monoisotopic (exact) mass is 1170 g/mol. The van der Waals surface area contributed by atoms with Crippen molar-refractivity contribution in [2.45, 2.75) is 78.6 Å². The second-order valence-electron chi connectivity index (χ2n) is 27.0. The SMILES string of the molecule is CC(C)(C)c1cc(-c2cccc3c2[nH]c2c(Nc4cccc(Oc5ccc6c7ccccc7n(-c7cc(C(C)(C)C)ccn7)c6c5)c4)cccc2c2ccc([Si](c4ccccc4)(c4ccccc4)c4ccccc4)cc2c2ccccc32)cc(C(C)(C)C)c1. The van der Waals surface area contributed by atoms with E-state index < -0.39 is 8.07 Å². The summed E-state index contributed by atoms with van der Waals surface area (Å²) in [5, 5.41) is 18.4. The lowest BCUT2D eigenvalue weighted by atomic mass is 9.79. The van der Waals surface area contributed by atoms with Gasteiger partial charge >= 0.3 is 0 Å². The Morgan fingerprint density at radius 3 is 1.53 bits per heavy atom. The van der Waals surface area contributed by atoms with Crippen molar-refractivity contribution in [2.24, 2.45) is 0 Å². The van der Waals surface area contributed by atoms with E-state index in [9.17, 15) is 0 Å². The topological polar surface area (TPSA) is 54.9 Å². The number of aromatic nitrogens is 3. The fourth-order valence-electron chi connectivity index (χ4n) is 13.4. The zero-order chi connectivity index (χ0) is 61.2. The molecule has 0 aliphatic heterocycles. The number of anilines is 2. The highest BCUT2D eigenvalue weighted by Crippen LogP contribution is 2.42. The van der Waals surface area contributed by atoms with Gasteiger partial charge in [-0.25, -0.2) is 4.98 Å². The average molecular weight is 1170 g/mol. The number of hydrogen-bond acceptors (Lipinski definition) is 3. The van der Waals surface area contributed by atoms with Crippen molar-refractivity contribution in [1.82, 2.24) is 14.5 Å². The molecule has 14 rings (SSSR count). The van der Waals surface area contributed by atoms with Gasteiger partial charge < -0.3 is 15.0 Å². The maximum Gasteiger partial charge on any atom is 0.179 e. The van der Waals surface area contributed by atoms with E-state index in [1.165, 1.54) is 59.2 Å². The second kappa shape index (κ2) is 22.3. The number of rotatable bonds is 10. The third kappa shape index (κ3) is 10.4. The van der Waals surface area contributed by atoms with E-state index in [0.29, 0.717) is 5.75 Å². The largest absolute Gasteiger partial charge is 0.457 e. The highest BCUT2D eigenvalue weighted by molar-refractivity contribution is 7.20. The van der Waals surface area contributed by atoms with Crippen LogP contribution in [0, 0.1) is 0 Å². The molecule has 0 aliphatic rings. The van der Waals surface area contributed by atoms with Crippen LogP contribution in [0.5, 0.6) is 11.5 Å². The minimum Gasteiger partial charge on any atom is -0.457 e. The van der Waals surface area contributed by atoms with Crippen molar-refractivity contribution >= 4 is 105 Å². The van der Waals surface area contributed by atoms with Crippen molar-refractivity contribution in [3.8, 4) is 28.4 Å². The number of nitrogens with zero attached hydrogens (tertiary/aromatic N) is 2. The lowest BCUT2D eigenvalue weighted by Gasteiger charge is -2.34. The molecule has 0 aliphatic carbocycles. The highest BCUT2D eigenvalue weighted by atomic mass is 28.3. The number of ether oxygens (including phenoxy) is 1. The molecule has 0 radical (unpaired) electrons. The molecule has 436 valence electrons. The van der Waals surface area contributed by atoms with Crippen LogP contribution in [0.4, 0.5) is 11.4 Å². The van der Waals surface area contributed by atoms with Crippen LogP contribution in [0.1, 0.15) is 79.0 Å². The van der Waals surface area contributed by atoms with Gasteiger partial charge in [-0.1, -0.05) is 269 Å². The van der Waals surface area contributed by atoms with Crippen molar-refractivity contribution in [1.29, 1.82) is 0 Å². The van der Waals surface area contributed by atoms with E-state index in [4.69, 9.17) is 9.72 Å². The molecule has 3 heterocycles. The molecule has 0 amide bonds. The van der Waals surface area contributed by atoms with Crippen LogP contribution in [0.15, 0.2) is 273 Å². The molecule has 14 aromatic rings. The third-order valence-corrected chi connectivity index (χ3v) is 22.8. The number of hydrogen-bond donors (Lipinski definition) is 2. The summed E-state index contributed by atoms with van der Waals surface area (Å²) in [7, 11) is -2.97. The Kier molecular flexibility index (Phi) is 14.2. The Morgan fingerprint density at radius 1 is 0.371 bits per heavy atom. The molecule has 89 heavy (non-hydrogen) atoms. The summed E-state index contributed by atoms with van der Waals surface area (Å²) in [5.74, 6) is 2.33. The number of nitrogens with one attached hydrogen (secondary N) is 2. The number of fused-ring (bicyclic) bond motifs is 10. The maximum absolute atomic E-state index is 6.90. The van der Waals surface area contributed by atoms with Gasteiger partial charge in [0.2, 0.25) is 0 Å². The molecule has 6 heteroatoms. The number of pyridine rings is 1. The van der Waals surface area contributed by atoms with Gasteiger partial charge in [0.25, 0.3) is 0 Å². The Balaban J connectivity index is 1.00. The first-order chi connectivity index (χ1) is 43.0. The summed E-state index contributed by atoms with van der Waals surface area (Å²) in [6.07, 6.45) is 1.93. The summed E-state index contributed by atoms with van der Waals surface area (Å²) >= 11 is 0. The van der Waals surface area contributed by atoms with Crippen LogP contribution in [-0.4, -0.2) is 22.6 Å². The quantitative estimate of drug-likeness (QED) is 0.106. The first-order valence-electron chi connectivity index (χ1n) is 31.2. The van der Waals surface area contributed by atoms with Gasteiger partial charge in [-0.15, -0.1) is 0 Å². The van der Waals surface area contributed by atoms with Gasteiger partial charge in [0.05, 0.1) is 27.8 Å². The molecule has 5 nitrogen and oxygen atoms in total. The van der Waals surface area contributed by atoms with Crippen LogP contribution in [0.25, 0.3) is 82.1 Å². The minimum atomic E-state index is -2.97. The number of para-hydroxylation sites is 3. The number of benzene rings is 11. The first-order valence-corrected chi connectivity index (χ1v) is 33.2. The van der Waals surface area contributed by atoms with Crippen molar-refractivity contribution in [3.63, 3.8) is 0 Å². The smallest absolute Gasteiger partial charge is 0.179 e. The van der Waals surface area contributed by atoms with E-state index >= 15 is 0 Å². The normalized spacial score (nSPS) is 12.3. The summed E-state index contributed by atoms with van der Waals surface area (Å²) in [6, 6.07) is 98.6. The highest BCUT2D eigenvalue weighted by Gasteiger charge is 2.41. The molecular formula is C83H74N4OSi. The van der Waals surface area contributed by atoms with Gasteiger partial charge in [0, 0.05) is 51.1 Å². The second-order valence-corrected chi connectivity index (χ2v) is 30.8. The predicted molar refractivity (Wildman–Crippen MR) is 382 cm³/mol. The predicted octanol–water partition coefficient (Wildman–Crippen LogP) is 19.7. The fraction of sp³-hybridized carbons (Fsp3) is 0.145. The van der Waals surface area contributed by atoms with Crippen LogP contribution in [0.3, 0.4) is 0 Å². The molecule has 0 atom stereocenters. The molecule has 0 saturated heterocycles. The molecule has 11 aromatic carbocycles. The van der Waals surface area contributed by atoms with Crippen LogP contribution < -0.4 is 30.8 Å². The van der Waals surface area contributed by atoms with E-state index in [1.807, 2.05) is 12.3 Å². The lowest BCUT2D eigenvalue weighted by molar-refractivity contribution is 0.483. The zero-order valence-corrected chi connectivity index (χ0v) is 53.3. The van der Waals surface area contributed by atoms with Crippen molar-refractivity contribution in [2.75, 3.05) is 5.32 Å². The van der Waals surface area contributed by atoms with Gasteiger partial charge in [0.1, 0.15) is 17.3 Å². The van der Waals surface area contributed by atoms with E-state index in [2.05, 4.69) is 338 Å². The van der Waals surface area contributed by atoms with Crippen LogP contribution >= 0.6 is 0 Å². The summed E-state index contributed by atoms with van der Waals surface area (Å²) in [5.41, 5.74) is 11.9. The molecule has 0 saturated carbocycles. The van der Waals surface area contributed by atoms with Crippen LogP contribution in [-0.2, 0) is 16.2 Å². The molecule has 0 unspecified atom stereocenters. The summed E-state index contributed by atoms with van der Waals surface area (Å²) in [4.78, 5) is 9.23. The summed E-state index contributed by atoms with van der Waals surface area (Å²) < 4.78 is 9.17. The number of H-pyrrole nitrogens is 1. The van der Waals surface area contributed by atoms with Gasteiger partial charge in [-0.05, 0) is 129 Å². The standard InChI is InChI=1S/C83H74N4OSi/c1-81(2,3)56-46-47-84-78(51-56)87-76-41-22-21-36-70(76)71-44-42-61(53-77(71)87)88-60-27-23-26-59(52-60)85-75-40-25-39-73-69-45-43-65(89(62-28-13-10-14-29-62,63-30-15-11-16-31-63)64-32-17-12-18-33-64)54-74(69)68-35-20-19-34-67(68)72-38-24-37-66(79(72)86-80(73)75)55-48-57(82(4,5)6)50-58(49-55)83(7,8)9/h10-54,85-86H,1-9H3. The van der Waals surface area contributed by atoms with Gasteiger partial charge in [0.15, 0.2) is 8.07 Å². The maximum atomic E-state index is 6.90. The molecule has 0 spiro atoms. The fourth-order valence-corrected chi connectivity index (χ4v) is 18.2. The molecule has 0 bridgehead atoms. The molecule has 3 aromatic heterocycles. The van der Waals surface area contributed by atoms with E-state index in [0.717, 1.165) is 77.5 Å². The van der Waals surface area contributed by atoms with E-state index in [1.54, 1.807) is 0 Å². The number of aromatic amines is 1. The van der Waals surface area contributed by atoms with Gasteiger partial charge in [-0.3, -0.25) is 4.57 Å². The third-order valence-electron chi connectivity index (χ3n) is 18.1. The van der Waals surface area contributed by atoms with Crippen molar-refractivity contribution in [3.05, 3.63) is 290 Å². The van der Waals surface area contributed by atoms with E-state index in [-0.39, 0.29) is 16.2 Å². The molecular weight excluding hydrogens is 1100 g/mol. The molecule has 0 fully saturated rings. The lowest BCUT2D eigenvalue weighted by Crippen LogP contribution is -2.74. The van der Waals surface area contributed by atoms with Crippen molar-refractivity contribution < 1.29 is 4.74 Å². The van der Waals surface area contributed by atoms with Gasteiger partial charge in [-0.2, -0.15) is 0 Å². The Hall–Kier alpha value is -10.0. The minimum absolute atomic E-state index is 0.0387. The summed E-state index contributed by atoms with van der Waals surface area (Å²) in [6.45, 7) is 20.7. The Labute approximate surface area is 523 Å². The zero-order valence-electron chi connectivity index (χ0n) is 52.3. The first kappa shape index (κ1) is 56.8. The Morgan fingerprint density at radius 2 is 0.888 bits per heavy atom. The van der Waals surface area contributed by atoms with Crippen LogP contribution in [0.2, 0.25) is 0 Å². The average Bonchev–Trinajstić information content (AvgIpc) is 1.89. The molecule has 2 N–H and O–H groups in total. The Bertz CT molecular complexity index is 4950.